The standard InChI is InChI=1S/C9H13N3O3.BrH/c1-5-7(8(13)14-2)3-6(15-5)4-12-9(10)11;/h3H,4H2,1-2H3,(H4,10,11,12);1H. The van der Waals surface area contributed by atoms with E-state index in [-0.39, 0.29) is 29.5 Å². The van der Waals surface area contributed by atoms with Crippen LogP contribution in [0.1, 0.15) is 21.9 Å². The predicted molar refractivity (Wildman–Crippen MR) is 64.6 cm³/mol. The average molecular weight is 292 g/mol. The van der Waals surface area contributed by atoms with E-state index in [0.717, 1.165) is 0 Å². The second-order valence-corrected chi connectivity index (χ2v) is 2.92. The van der Waals surface area contributed by atoms with E-state index in [0.29, 0.717) is 17.1 Å². The normalized spacial score (nSPS) is 9.12. The molecule has 0 amide bonds. The lowest BCUT2D eigenvalue weighted by Crippen LogP contribution is -2.22. The van der Waals surface area contributed by atoms with Gasteiger partial charge in [0.05, 0.1) is 7.11 Å². The number of methoxy groups -OCH3 is 1. The molecule has 1 rings (SSSR count). The molecule has 7 heteroatoms. The molecule has 0 aromatic carbocycles. The first-order valence-electron chi connectivity index (χ1n) is 4.27. The summed E-state index contributed by atoms with van der Waals surface area (Å²) in [5.41, 5.74) is 10.7. The van der Waals surface area contributed by atoms with Crippen molar-refractivity contribution in [1.29, 1.82) is 0 Å². The highest BCUT2D eigenvalue weighted by Gasteiger charge is 2.14. The third kappa shape index (κ3) is 3.58. The number of hydrogen-bond acceptors (Lipinski definition) is 4. The summed E-state index contributed by atoms with van der Waals surface area (Å²) in [4.78, 5) is 15.0. The van der Waals surface area contributed by atoms with E-state index in [2.05, 4.69) is 9.73 Å². The van der Waals surface area contributed by atoms with Crippen molar-refractivity contribution in [3.8, 4) is 0 Å². The van der Waals surface area contributed by atoms with Crippen LogP contribution in [0.3, 0.4) is 0 Å². The first-order valence-corrected chi connectivity index (χ1v) is 4.27. The van der Waals surface area contributed by atoms with Crippen LogP contribution in [0.25, 0.3) is 0 Å². The maximum atomic E-state index is 11.2. The first kappa shape index (κ1) is 14.5. The molecule has 1 heterocycles. The minimum absolute atomic E-state index is 0. The summed E-state index contributed by atoms with van der Waals surface area (Å²) in [6.07, 6.45) is 0. The van der Waals surface area contributed by atoms with Gasteiger partial charge in [-0.15, -0.1) is 17.0 Å². The Kier molecular flexibility index (Phi) is 5.59. The van der Waals surface area contributed by atoms with Gasteiger partial charge in [-0.25, -0.2) is 9.79 Å². The number of nitrogens with two attached hydrogens (primary N) is 2. The van der Waals surface area contributed by atoms with Gasteiger partial charge in [-0.3, -0.25) is 0 Å². The van der Waals surface area contributed by atoms with Crippen LogP contribution in [0.4, 0.5) is 0 Å². The summed E-state index contributed by atoms with van der Waals surface area (Å²) in [6, 6.07) is 1.56. The molecule has 0 unspecified atom stereocenters. The van der Waals surface area contributed by atoms with Crippen LogP contribution in [0.5, 0.6) is 0 Å². The van der Waals surface area contributed by atoms with Gasteiger partial charge in [0.25, 0.3) is 0 Å². The number of aliphatic imine (C=N–C) groups is 1. The molecule has 0 atom stereocenters. The number of carbonyl (C=O) groups excluding carboxylic acids is 1. The molecule has 16 heavy (non-hydrogen) atoms. The van der Waals surface area contributed by atoms with Gasteiger partial charge in [0.2, 0.25) is 0 Å². The summed E-state index contributed by atoms with van der Waals surface area (Å²) in [7, 11) is 1.31. The predicted octanol–water partition coefficient (Wildman–Crippen LogP) is 0.726. The van der Waals surface area contributed by atoms with E-state index in [1.165, 1.54) is 7.11 Å². The highest BCUT2D eigenvalue weighted by atomic mass is 79.9. The molecule has 0 saturated heterocycles. The summed E-state index contributed by atoms with van der Waals surface area (Å²) in [5, 5.41) is 0. The van der Waals surface area contributed by atoms with Gasteiger partial charge in [0.15, 0.2) is 5.96 Å². The minimum Gasteiger partial charge on any atom is -0.465 e. The molecule has 4 N–H and O–H groups in total. The van der Waals surface area contributed by atoms with Crippen LogP contribution >= 0.6 is 17.0 Å². The molecule has 1 aromatic rings. The van der Waals surface area contributed by atoms with Gasteiger partial charge in [0, 0.05) is 0 Å². The zero-order valence-electron chi connectivity index (χ0n) is 9.02. The largest absolute Gasteiger partial charge is 0.465 e. The van der Waals surface area contributed by atoms with E-state index >= 15 is 0 Å². The number of carbonyl (C=O) groups is 1. The maximum Gasteiger partial charge on any atom is 0.341 e. The van der Waals surface area contributed by atoms with Crippen LogP contribution < -0.4 is 11.5 Å². The van der Waals surface area contributed by atoms with Crippen LogP contribution in [0.15, 0.2) is 15.5 Å². The van der Waals surface area contributed by atoms with Crippen molar-refractivity contribution in [2.24, 2.45) is 16.5 Å². The van der Waals surface area contributed by atoms with Gasteiger partial charge < -0.3 is 20.6 Å². The van der Waals surface area contributed by atoms with Crippen molar-refractivity contribution in [3.63, 3.8) is 0 Å². The maximum absolute atomic E-state index is 11.2. The lowest BCUT2D eigenvalue weighted by Gasteiger charge is -1.93. The van der Waals surface area contributed by atoms with Crippen molar-refractivity contribution >= 4 is 28.9 Å². The number of hydrogen-bond donors (Lipinski definition) is 2. The van der Waals surface area contributed by atoms with Crippen molar-refractivity contribution in [1.82, 2.24) is 0 Å². The van der Waals surface area contributed by atoms with Gasteiger partial charge in [-0.1, -0.05) is 0 Å². The number of nitrogens with zero attached hydrogens (tertiary/aromatic N) is 1. The number of furan rings is 1. The fourth-order valence-corrected chi connectivity index (χ4v) is 1.10. The fourth-order valence-electron chi connectivity index (χ4n) is 1.10. The Balaban J connectivity index is 0.00000225. The van der Waals surface area contributed by atoms with Crippen molar-refractivity contribution in [3.05, 3.63) is 23.2 Å². The average Bonchev–Trinajstić information content (AvgIpc) is 2.55. The number of ether oxygens (including phenoxy) is 1. The molecule has 0 saturated carbocycles. The van der Waals surface area contributed by atoms with E-state index in [9.17, 15) is 4.79 Å². The zero-order chi connectivity index (χ0) is 11.4. The number of halogens is 1. The van der Waals surface area contributed by atoms with Crippen LogP contribution in [-0.4, -0.2) is 19.0 Å². The number of esters is 1. The van der Waals surface area contributed by atoms with Crippen LogP contribution in [0.2, 0.25) is 0 Å². The number of guanidine groups is 1. The Bertz CT molecular complexity index is 397. The molecule has 0 spiro atoms. The van der Waals surface area contributed by atoms with Gasteiger partial charge in [-0.2, -0.15) is 0 Å². The van der Waals surface area contributed by atoms with Crippen molar-refractivity contribution in [2.75, 3.05) is 7.11 Å². The monoisotopic (exact) mass is 291 g/mol. The molecule has 0 bridgehead atoms. The smallest absolute Gasteiger partial charge is 0.341 e. The lowest BCUT2D eigenvalue weighted by molar-refractivity contribution is 0.0599. The molecule has 90 valence electrons. The summed E-state index contributed by atoms with van der Waals surface area (Å²) in [5.74, 6) is 0.541. The second kappa shape index (κ2) is 6.16. The van der Waals surface area contributed by atoms with E-state index in [4.69, 9.17) is 15.9 Å². The Hall–Kier alpha value is -1.50. The summed E-state index contributed by atoms with van der Waals surface area (Å²) >= 11 is 0. The SMILES string of the molecule is Br.COC(=O)c1cc(CN=C(N)N)oc1C. The van der Waals surface area contributed by atoms with E-state index in [1.807, 2.05) is 0 Å². The molecule has 0 aliphatic rings. The lowest BCUT2D eigenvalue weighted by atomic mass is 10.2. The highest BCUT2D eigenvalue weighted by molar-refractivity contribution is 8.93. The molecule has 0 aliphatic carbocycles. The first-order chi connectivity index (χ1) is 7.04. The molecule has 0 radical (unpaired) electrons. The van der Waals surface area contributed by atoms with Gasteiger partial charge in [-0.05, 0) is 13.0 Å². The molecule has 1 aromatic heterocycles. The number of rotatable bonds is 3. The molecule has 0 fully saturated rings. The van der Waals surface area contributed by atoms with Crippen molar-refractivity contribution < 1.29 is 13.9 Å². The van der Waals surface area contributed by atoms with Gasteiger partial charge >= 0.3 is 5.97 Å². The Morgan fingerprint density at radius 2 is 2.19 bits per heavy atom. The van der Waals surface area contributed by atoms with Crippen LogP contribution in [0, 0.1) is 6.92 Å². The van der Waals surface area contributed by atoms with E-state index in [1.54, 1.807) is 13.0 Å². The van der Waals surface area contributed by atoms with Gasteiger partial charge in [0.1, 0.15) is 23.6 Å². The Morgan fingerprint density at radius 3 is 2.69 bits per heavy atom. The van der Waals surface area contributed by atoms with Crippen molar-refractivity contribution in [2.45, 2.75) is 13.5 Å². The zero-order valence-corrected chi connectivity index (χ0v) is 10.7. The molecular formula is C9H14BrN3O3. The summed E-state index contributed by atoms with van der Waals surface area (Å²) in [6.45, 7) is 1.88. The summed E-state index contributed by atoms with van der Waals surface area (Å²) < 4.78 is 9.84. The second-order valence-electron chi connectivity index (χ2n) is 2.92. The van der Waals surface area contributed by atoms with E-state index < -0.39 is 5.97 Å². The quantitative estimate of drug-likeness (QED) is 0.485. The molecule has 6 nitrogen and oxygen atoms in total. The highest BCUT2D eigenvalue weighted by Crippen LogP contribution is 2.16. The topological polar surface area (TPSA) is 104 Å². The fraction of sp³-hybridized carbons (Fsp3) is 0.333. The third-order valence-electron chi connectivity index (χ3n) is 1.79. The third-order valence-corrected chi connectivity index (χ3v) is 1.79. The Morgan fingerprint density at radius 1 is 1.56 bits per heavy atom. The van der Waals surface area contributed by atoms with Crippen LogP contribution in [-0.2, 0) is 11.3 Å². The molecular weight excluding hydrogens is 278 g/mol. The minimum atomic E-state index is -0.438. The Labute approximate surface area is 103 Å². The molecule has 0 aliphatic heterocycles. The number of aryl methyl sites for hydroxylation is 1.